The van der Waals surface area contributed by atoms with Gasteiger partial charge in [-0.05, 0) is 42.5 Å². The molecule has 0 saturated carbocycles. The zero-order chi connectivity index (χ0) is 14.4. The van der Waals surface area contributed by atoms with E-state index in [0.717, 1.165) is 17.1 Å². The predicted molar refractivity (Wildman–Crippen MR) is 84.8 cm³/mol. The third kappa shape index (κ3) is 4.40. The standard InChI is InChI=1S/C15H14ClNO2S/c16-12-2-1-3-14(10-12)19-9-8-18-13-6-4-11(5-7-13)15(17)20/h1-7,10H,8-9H2,(H2,17,20). The number of benzene rings is 2. The molecule has 104 valence electrons. The normalized spacial score (nSPS) is 10.1. The molecule has 0 aliphatic rings. The van der Waals surface area contributed by atoms with Crippen LogP contribution < -0.4 is 15.2 Å². The van der Waals surface area contributed by atoms with Gasteiger partial charge in [0.05, 0.1) is 0 Å². The number of nitrogens with two attached hydrogens (primary N) is 1. The monoisotopic (exact) mass is 307 g/mol. The van der Waals surface area contributed by atoms with Crippen molar-refractivity contribution < 1.29 is 9.47 Å². The molecule has 0 aliphatic heterocycles. The Balaban J connectivity index is 1.77. The SMILES string of the molecule is NC(=S)c1ccc(OCCOc2cccc(Cl)c2)cc1. The first kappa shape index (κ1) is 14.6. The molecule has 5 heteroatoms. The zero-order valence-corrected chi connectivity index (χ0v) is 12.3. The van der Waals surface area contributed by atoms with Crippen LogP contribution in [0.3, 0.4) is 0 Å². The second-order valence-corrected chi connectivity index (χ2v) is 4.92. The highest BCUT2D eigenvalue weighted by Crippen LogP contribution is 2.17. The summed E-state index contributed by atoms with van der Waals surface area (Å²) in [4.78, 5) is 0.376. The summed E-state index contributed by atoms with van der Waals surface area (Å²) in [6.07, 6.45) is 0. The molecule has 0 heterocycles. The summed E-state index contributed by atoms with van der Waals surface area (Å²) in [7, 11) is 0. The molecule has 2 aromatic rings. The van der Waals surface area contributed by atoms with Gasteiger partial charge in [0.1, 0.15) is 29.7 Å². The van der Waals surface area contributed by atoms with Gasteiger partial charge in [-0.2, -0.15) is 0 Å². The zero-order valence-electron chi connectivity index (χ0n) is 10.7. The van der Waals surface area contributed by atoms with E-state index in [9.17, 15) is 0 Å². The Morgan fingerprint density at radius 3 is 2.25 bits per heavy atom. The number of ether oxygens (including phenoxy) is 2. The highest BCUT2D eigenvalue weighted by atomic mass is 35.5. The summed E-state index contributed by atoms with van der Waals surface area (Å²) < 4.78 is 11.1. The van der Waals surface area contributed by atoms with Crippen molar-refractivity contribution >= 4 is 28.8 Å². The van der Waals surface area contributed by atoms with Gasteiger partial charge in [0.15, 0.2) is 0 Å². The fourth-order valence-electron chi connectivity index (χ4n) is 1.59. The summed E-state index contributed by atoms with van der Waals surface area (Å²) in [5.41, 5.74) is 6.34. The Labute approximate surface area is 128 Å². The average molecular weight is 308 g/mol. The summed E-state index contributed by atoms with van der Waals surface area (Å²) in [6, 6.07) is 14.6. The van der Waals surface area contributed by atoms with Crippen molar-refractivity contribution in [3.05, 3.63) is 59.1 Å². The van der Waals surface area contributed by atoms with Crippen molar-refractivity contribution in [1.29, 1.82) is 0 Å². The average Bonchev–Trinajstić information content (AvgIpc) is 2.44. The van der Waals surface area contributed by atoms with Crippen LogP contribution in [0.5, 0.6) is 11.5 Å². The van der Waals surface area contributed by atoms with Crippen LogP contribution in [0.15, 0.2) is 48.5 Å². The minimum absolute atomic E-state index is 0.376. The maximum absolute atomic E-state index is 5.86. The van der Waals surface area contributed by atoms with Crippen molar-refractivity contribution in [1.82, 2.24) is 0 Å². The molecule has 0 unspecified atom stereocenters. The van der Waals surface area contributed by atoms with Crippen molar-refractivity contribution in [3.63, 3.8) is 0 Å². The largest absolute Gasteiger partial charge is 0.490 e. The van der Waals surface area contributed by atoms with Gasteiger partial charge >= 0.3 is 0 Å². The maximum Gasteiger partial charge on any atom is 0.122 e. The highest BCUT2D eigenvalue weighted by Gasteiger charge is 1.99. The molecule has 2 N–H and O–H groups in total. The van der Waals surface area contributed by atoms with Crippen LogP contribution in [0.2, 0.25) is 5.02 Å². The smallest absolute Gasteiger partial charge is 0.122 e. The van der Waals surface area contributed by atoms with Crippen LogP contribution in [0.1, 0.15) is 5.56 Å². The maximum atomic E-state index is 5.86. The van der Waals surface area contributed by atoms with Gasteiger partial charge in [0, 0.05) is 10.6 Å². The van der Waals surface area contributed by atoms with E-state index in [1.807, 2.05) is 36.4 Å². The topological polar surface area (TPSA) is 44.5 Å². The Bertz CT molecular complexity index is 587. The van der Waals surface area contributed by atoms with Gasteiger partial charge in [-0.3, -0.25) is 0 Å². The Morgan fingerprint density at radius 1 is 1.00 bits per heavy atom. The number of thiocarbonyl (C=S) groups is 1. The van der Waals surface area contributed by atoms with Gasteiger partial charge in [0.2, 0.25) is 0 Å². The second kappa shape index (κ2) is 7.12. The lowest BCUT2D eigenvalue weighted by Gasteiger charge is -2.09. The van der Waals surface area contributed by atoms with Crippen molar-refractivity contribution in [2.45, 2.75) is 0 Å². The van der Waals surface area contributed by atoms with E-state index in [1.54, 1.807) is 12.1 Å². The fourth-order valence-corrected chi connectivity index (χ4v) is 1.91. The van der Waals surface area contributed by atoms with E-state index >= 15 is 0 Å². The first-order chi connectivity index (χ1) is 9.65. The molecule has 0 aliphatic carbocycles. The summed E-state index contributed by atoms with van der Waals surface area (Å²) in [6.45, 7) is 0.885. The molecular weight excluding hydrogens is 294 g/mol. The first-order valence-corrected chi connectivity index (χ1v) is 6.85. The van der Waals surface area contributed by atoms with Crippen molar-refractivity contribution in [3.8, 4) is 11.5 Å². The molecule has 0 saturated heterocycles. The third-order valence-corrected chi connectivity index (χ3v) is 3.03. The van der Waals surface area contributed by atoms with Crippen LogP contribution >= 0.6 is 23.8 Å². The van der Waals surface area contributed by atoms with Crippen LogP contribution in [-0.4, -0.2) is 18.2 Å². The van der Waals surface area contributed by atoms with Crippen LogP contribution in [-0.2, 0) is 0 Å². The van der Waals surface area contributed by atoms with Crippen LogP contribution in [0.25, 0.3) is 0 Å². The molecule has 0 bridgehead atoms. The van der Waals surface area contributed by atoms with Gasteiger partial charge in [0.25, 0.3) is 0 Å². The molecule has 0 fully saturated rings. The minimum atomic E-state index is 0.376. The number of halogens is 1. The van der Waals surface area contributed by atoms with Gasteiger partial charge in [-0.25, -0.2) is 0 Å². The molecule has 0 atom stereocenters. The Hall–Kier alpha value is -1.78. The van der Waals surface area contributed by atoms with Gasteiger partial charge in [-0.1, -0.05) is 29.9 Å². The number of rotatable bonds is 6. The van der Waals surface area contributed by atoms with Crippen molar-refractivity contribution in [2.75, 3.05) is 13.2 Å². The fraction of sp³-hybridized carbons (Fsp3) is 0.133. The Kier molecular flexibility index (Phi) is 5.21. The minimum Gasteiger partial charge on any atom is -0.490 e. The summed E-state index contributed by atoms with van der Waals surface area (Å²) in [5, 5.41) is 0.650. The second-order valence-electron chi connectivity index (χ2n) is 4.04. The highest BCUT2D eigenvalue weighted by molar-refractivity contribution is 7.80. The molecule has 0 aromatic heterocycles. The molecular formula is C15H14ClNO2S. The molecule has 20 heavy (non-hydrogen) atoms. The van der Waals surface area contributed by atoms with E-state index in [1.165, 1.54) is 0 Å². The quantitative estimate of drug-likeness (QED) is 0.656. The molecule has 2 rings (SSSR count). The summed E-state index contributed by atoms with van der Waals surface area (Å²) in [5.74, 6) is 1.48. The summed E-state index contributed by atoms with van der Waals surface area (Å²) >= 11 is 10.7. The van der Waals surface area contributed by atoms with Crippen LogP contribution in [0, 0.1) is 0 Å². The first-order valence-electron chi connectivity index (χ1n) is 6.06. The van der Waals surface area contributed by atoms with E-state index in [4.69, 9.17) is 39.0 Å². The third-order valence-electron chi connectivity index (χ3n) is 2.56. The molecule has 0 amide bonds. The lowest BCUT2D eigenvalue weighted by Crippen LogP contribution is -2.10. The van der Waals surface area contributed by atoms with Gasteiger partial charge in [-0.15, -0.1) is 0 Å². The Morgan fingerprint density at radius 2 is 1.65 bits per heavy atom. The van der Waals surface area contributed by atoms with E-state index in [2.05, 4.69) is 0 Å². The molecule has 0 radical (unpaired) electrons. The van der Waals surface area contributed by atoms with Crippen molar-refractivity contribution in [2.24, 2.45) is 5.73 Å². The van der Waals surface area contributed by atoms with Crippen LogP contribution in [0.4, 0.5) is 0 Å². The lowest BCUT2D eigenvalue weighted by atomic mass is 10.2. The number of hydrogen-bond donors (Lipinski definition) is 1. The number of hydrogen-bond acceptors (Lipinski definition) is 3. The lowest BCUT2D eigenvalue weighted by molar-refractivity contribution is 0.217. The van der Waals surface area contributed by atoms with E-state index in [-0.39, 0.29) is 0 Å². The predicted octanol–water partition coefficient (Wildman–Crippen LogP) is 3.43. The molecule has 2 aromatic carbocycles. The van der Waals surface area contributed by atoms with Gasteiger partial charge < -0.3 is 15.2 Å². The van der Waals surface area contributed by atoms with E-state index < -0.39 is 0 Å². The van der Waals surface area contributed by atoms with E-state index in [0.29, 0.717) is 23.2 Å². The molecule has 3 nitrogen and oxygen atoms in total. The molecule has 0 spiro atoms.